The van der Waals surface area contributed by atoms with E-state index in [-0.39, 0.29) is 5.92 Å². The van der Waals surface area contributed by atoms with E-state index in [1.165, 1.54) is 11.1 Å². The molecule has 0 radical (unpaired) electrons. The molecule has 0 saturated heterocycles. The van der Waals surface area contributed by atoms with Gasteiger partial charge in [0.25, 0.3) is 0 Å². The van der Waals surface area contributed by atoms with Gasteiger partial charge in [-0.05, 0) is 23.3 Å². The van der Waals surface area contributed by atoms with Gasteiger partial charge in [-0.3, -0.25) is 0 Å². The molecule has 0 bridgehead atoms. The third-order valence-electron chi connectivity index (χ3n) is 3.81. The molecule has 120 valence electrons. The van der Waals surface area contributed by atoms with Crippen LogP contribution in [-0.2, 0) is 0 Å². The molecule has 3 rings (SSSR count). The molecule has 0 fully saturated rings. The predicted molar refractivity (Wildman–Crippen MR) is 107 cm³/mol. The Bertz CT molecular complexity index is 876. The van der Waals surface area contributed by atoms with Gasteiger partial charge in [0, 0.05) is 5.56 Å². The molecule has 3 aromatic rings. The molecular weight excluding hydrogens is 300 g/mol. The SMILES string of the molecule is C(#CC(/C=C/C=C/c1ccccc1)c1ccccc1)c1ccccc1. The van der Waals surface area contributed by atoms with Gasteiger partial charge in [-0.15, -0.1) is 0 Å². The summed E-state index contributed by atoms with van der Waals surface area (Å²) in [5.74, 6) is 6.73. The molecule has 3 aromatic carbocycles. The second-order valence-electron chi connectivity index (χ2n) is 5.68. The zero-order valence-corrected chi connectivity index (χ0v) is 14.0. The molecule has 25 heavy (non-hydrogen) atoms. The summed E-state index contributed by atoms with van der Waals surface area (Å²) in [4.78, 5) is 0. The number of hydrogen-bond acceptors (Lipinski definition) is 0. The lowest BCUT2D eigenvalue weighted by Crippen LogP contribution is -1.91. The highest BCUT2D eigenvalue weighted by Crippen LogP contribution is 2.16. The maximum atomic E-state index is 3.38. The van der Waals surface area contributed by atoms with Gasteiger partial charge >= 0.3 is 0 Å². The molecule has 0 N–H and O–H groups in total. The standard InChI is InChI=1S/C25H20/c1-4-12-22(13-5-1)16-10-11-19-25(24-17-8-3-9-18-24)21-20-23-14-6-2-7-15-23/h1-19,25H/b16-10+,19-11+. The van der Waals surface area contributed by atoms with Crippen molar-refractivity contribution in [3.63, 3.8) is 0 Å². The van der Waals surface area contributed by atoms with Gasteiger partial charge in [-0.2, -0.15) is 0 Å². The Morgan fingerprint density at radius 1 is 0.640 bits per heavy atom. The molecule has 0 aliphatic rings. The first kappa shape index (κ1) is 16.6. The van der Waals surface area contributed by atoms with E-state index in [9.17, 15) is 0 Å². The van der Waals surface area contributed by atoms with Crippen LogP contribution >= 0.6 is 0 Å². The molecule has 0 spiro atoms. The van der Waals surface area contributed by atoms with Crippen LogP contribution in [0.3, 0.4) is 0 Å². The highest BCUT2D eigenvalue weighted by atomic mass is 14.1. The summed E-state index contributed by atoms with van der Waals surface area (Å²) in [7, 11) is 0. The molecule has 0 heteroatoms. The van der Waals surface area contributed by atoms with E-state index in [0.717, 1.165) is 5.56 Å². The van der Waals surface area contributed by atoms with Crippen LogP contribution < -0.4 is 0 Å². The van der Waals surface area contributed by atoms with Crippen LogP contribution in [0.5, 0.6) is 0 Å². The molecule has 0 aliphatic carbocycles. The fourth-order valence-corrected chi connectivity index (χ4v) is 2.49. The van der Waals surface area contributed by atoms with Crippen molar-refractivity contribution >= 4 is 6.08 Å². The Kier molecular flexibility index (Phi) is 6.03. The summed E-state index contributed by atoms with van der Waals surface area (Å²) in [5, 5.41) is 0. The topological polar surface area (TPSA) is 0 Å². The second-order valence-corrected chi connectivity index (χ2v) is 5.68. The quantitative estimate of drug-likeness (QED) is 0.403. The van der Waals surface area contributed by atoms with Crippen molar-refractivity contribution in [2.45, 2.75) is 5.92 Å². The van der Waals surface area contributed by atoms with Gasteiger partial charge < -0.3 is 0 Å². The van der Waals surface area contributed by atoms with Crippen LogP contribution in [0.4, 0.5) is 0 Å². The maximum Gasteiger partial charge on any atom is 0.0639 e. The van der Waals surface area contributed by atoms with E-state index in [2.05, 4.69) is 72.5 Å². The molecule has 0 amide bonds. The normalized spacial score (nSPS) is 12.0. The van der Waals surface area contributed by atoms with Crippen molar-refractivity contribution in [2.24, 2.45) is 0 Å². The van der Waals surface area contributed by atoms with Crippen molar-refractivity contribution in [3.05, 3.63) is 126 Å². The van der Waals surface area contributed by atoms with Gasteiger partial charge in [0.2, 0.25) is 0 Å². The van der Waals surface area contributed by atoms with Crippen LogP contribution in [0.15, 0.2) is 109 Å². The van der Waals surface area contributed by atoms with Crippen molar-refractivity contribution in [2.75, 3.05) is 0 Å². The molecule has 0 nitrogen and oxygen atoms in total. The van der Waals surface area contributed by atoms with Gasteiger partial charge in [0.15, 0.2) is 0 Å². The first-order valence-corrected chi connectivity index (χ1v) is 8.43. The second kappa shape index (κ2) is 9.11. The van der Waals surface area contributed by atoms with Crippen molar-refractivity contribution in [1.82, 2.24) is 0 Å². The lowest BCUT2D eigenvalue weighted by atomic mass is 9.98. The van der Waals surface area contributed by atoms with E-state index < -0.39 is 0 Å². The third kappa shape index (κ3) is 5.37. The van der Waals surface area contributed by atoms with Crippen LogP contribution in [0.25, 0.3) is 6.08 Å². The Balaban J connectivity index is 1.79. The monoisotopic (exact) mass is 320 g/mol. The Hall–Kier alpha value is -3.30. The molecule has 0 aliphatic heterocycles. The summed E-state index contributed by atoms with van der Waals surface area (Å²) in [5.41, 5.74) is 3.44. The van der Waals surface area contributed by atoms with Crippen LogP contribution in [0, 0.1) is 11.8 Å². The van der Waals surface area contributed by atoms with Gasteiger partial charge in [-0.25, -0.2) is 0 Å². The molecule has 1 atom stereocenters. The van der Waals surface area contributed by atoms with Crippen molar-refractivity contribution in [3.8, 4) is 11.8 Å². The minimum Gasteiger partial charge on any atom is -0.0855 e. The van der Waals surface area contributed by atoms with Crippen molar-refractivity contribution < 1.29 is 0 Å². The molecule has 0 saturated carbocycles. The minimum atomic E-state index is 0.0711. The van der Waals surface area contributed by atoms with E-state index in [4.69, 9.17) is 0 Å². The highest BCUT2D eigenvalue weighted by Gasteiger charge is 2.02. The largest absolute Gasteiger partial charge is 0.0855 e. The molecule has 0 aromatic heterocycles. The average Bonchev–Trinajstić information content (AvgIpc) is 2.70. The van der Waals surface area contributed by atoms with E-state index in [1.54, 1.807) is 0 Å². The summed E-state index contributed by atoms with van der Waals surface area (Å²) in [6, 6.07) is 30.8. The first-order chi connectivity index (χ1) is 12.4. The van der Waals surface area contributed by atoms with Gasteiger partial charge in [-0.1, -0.05) is 115 Å². The zero-order valence-electron chi connectivity index (χ0n) is 14.0. The minimum absolute atomic E-state index is 0.0711. The zero-order chi connectivity index (χ0) is 17.2. The third-order valence-corrected chi connectivity index (χ3v) is 3.81. The number of hydrogen-bond donors (Lipinski definition) is 0. The smallest absolute Gasteiger partial charge is 0.0639 e. The summed E-state index contributed by atoms with van der Waals surface area (Å²) < 4.78 is 0. The first-order valence-electron chi connectivity index (χ1n) is 8.43. The Morgan fingerprint density at radius 3 is 1.92 bits per heavy atom. The number of rotatable bonds is 4. The summed E-state index contributed by atoms with van der Waals surface area (Å²) >= 11 is 0. The van der Waals surface area contributed by atoms with E-state index in [0.29, 0.717) is 0 Å². The Labute approximate surface area is 150 Å². The summed E-state index contributed by atoms with van der Waals surface area (Å²) in [6.07, 6.45) is 8.38. The van der Waals surface area contributed by atoms with Crippen molar-refractivity contribution in [1.29, 1.82) is 0 Å². The molecular formula is C25H20. The average molecular weight is 320 g/mol. The molecule has 0 heterocycles. The van der Waals surface area contributed by atoms with E-state index in [1.807, 2.05) is 54.6 Å². The number of allylic oxidation sites excluding steroid dienone is 3. The molecule has 1 unspecified atom stereocenters. The van der Waals surface area contributed by atoms with Gasteiger partial charge in [0.05, 0.1) is 5.92 Å². The van der Waals surface area contributed by atoms with Gasteiger partial charge in [0.1, 0.15) is 0 Å². The number of benzene rings is 3. The van der Waals surface area contributed by atoms with Crippen LogP contribution in [0.2, 0.25) is 0 Å². The van der Waals surface area contributed by atoms with Crippen LogP contribution in [-0.4, -0.2) is 0 Å². The Morgan fingerprint density at radius 2 is 1.24 bits per heavy atom. The predicted octanol–water partition coefficient (Wildman–Crippen LogP) is 6.09. The lowest BCUT2D eigenvalue weighted by Gasteiger charge is -2.05. The summed E-state index contributed by atoms with van der Waals surface area (Å²) in [6.45, 7) is 0. The fourth-order valence-electron chi connectivity index (χ4n) is 2.49. The lowest BCUT2D eigenvalue weighted by molar-refractivity contribution is 1.12. The fraction of sp³-hybridized carbons (Fsp3) is 0.0400. The maximum absolute atomic E-state index is 3.38. The van der Waals surface area contributed by atoms with E-state index >= 15 is 0 Å². The highest BCUT2D eigenvalue weighted by molar-refractivity contribution is 5.51. The van der Waals surface area contributed by atoms with Crippen LogP contribution in [0.1, 0.15) is 22.6 Å².